The first-order valence-corrected chi connectivity index (χ1v) is 31.6. The number of aliphatic hydroxyl groups is 2. The molecule has 0 radical (unpaired) electrons. The van der Waals surface area contributed by atoms with Gasteiger partial charge in [-0.1, -0.05) is 301 Å². The van der Waals surface area contributed by atoms with Gasteiger partial charge in [0.1, 0.15) is 0 Å². The van der Waals surface area contributed by atoms with Gasteiger partial charge in [-0.3, -0.25) is 9.59 Å². The normalized spacial score (nSPS) is 12.7. The van der Waals surface area contributed by atoms with Crippen LogP contribution in [0.15, 0.2) is 24.3 Å². The summed E-state index contributed by atoms with van der Waals surface area (Å²) in [5.74, 6) is -0.0862. The molecule has 0 heterocycles. The highest BCUT2D eigenvalue weighted by molar-refractivity contribution is 5.76. The number of rotatable bonds is 59. The molecule has 414 valence electrons. The molecule has 0 rings (SSSR count). The molecule has 1 amide bonds. The standard InChI is InChI=1S/C64H123NO5/c1-3-5-7-9-11-13-15-17-19-20-21-22-23-24-25-26-27-28-29-32-36-40-44-48-52-56-62(67)61(60-66)65-63(68)57-53-49-45-41-37-33-30-31-35-39-43-47-51-55-59-70-64(69)58-54-50-46-42-38-34-18-16-14-12-10-8-6-4-2/h16,18,52,56,61-62,66-67H,3-15,17,19-51,53-55,57-60H2,1-2H3,(H,65,68)/b18-16-,56-52+. The molecular weight excluding hydrogens is 863 g/mol. The molecule has 0 aromatic carbocycles. The minimum Gasteiger partial charge on any atom is -0.466 e. The molecule has 0 saturated heterocycles. The van der Waals surface area contributed by atoms with Crippen LogP contribution in [0.5, 0.6) is 0 Å². The first-order chi connectivity index (χ1) is 34.5. The maximum absolute atomic E-state index is 12.5. The molecule has 0 aliphatic carbocycles. The summed E-state index contributed by atoms with van der Waals surface area (Å²) in [5.41, 5.74) is 0. The van der Waals surface area contributed by atoms with Gasteiger partial charge < -0.3 is 20.3 Å². The van der Waals surface area contributed by atoms with Crippen LogP contribution in [-0.2, 0) is 14.3 Å². The zero-order valence-electron chi connectivity index (χ0n) is 47.3. The van der Waals surface area contributed by atoms with Gasteiger partial charge >= 0.3 is 5.97 Å². The highest BCUT2D eigenvalue weighted by atomic mass is 16.5. The summed E-state index contributed by atoms with van der Waals surface area (Å²) in [6, 6.07) is -0.637. The highest BCUT2D eigenvalue weighted by Gasteiger charge is 2.18. The van der Waals surface area contributed by atoms with Crippen molar-refractivity contribution in [3.63, 3.8) is 0 Å². The van der Waals surface area contributed by atoms with Gasteiger partial charge in [0.05, 0.1) is 25.4 Å². The van der Waals surface area contributed by atoms with Crippen LogP contribution in [0.4, 0.5) is 0 Å². The Bertz CT molecular complexity index is 1090. The fourth-order valence-corrected chi connectivity index (χ4v) is 9.87. The van der Waals surface area contributed by atoms with Crippen molar-refractivity contribution in [3.8, 4) is 0 Å². The van der Waals surface area contributed by atoms with E-state index < -0.39 is 12.1 Å². The number of ether oxygens (including phenoxy) is 1. The zero-order valence-corrected chi connectivity index (χ0v) is 47.3. The van der Waals surface area contributed by atoms with Crippen molar-refractivity contribution in [2.75, 3.05) is 13.2 Å². The van der Waals surface area contributed by atoms with Gasteiger partial charge in [-0.25, -0.2) is 0 Å². The van der Waals surface area contributed by atoms with Crippen LogP contribution in [0.1, 0.15) is 348 Å². The lowest BCUT2D eigenvalue weighted by Crippen LogP contribution is -2.45. The minimum absolute atomic E-state index is 0.0111. The number of hydrogen-bond acceptors (Lipinski definition) is 5. The summed E-state index contributed by atoms with van der Waals surface area (Å²) in [6.45, 7) is 4.89. The first-order valence-electron chi connectivity index (χ1n) is 31.6. The van der Waals surface area contributed by atoms with Gasteiger partial charge in [0.2, 0.25) is 5.91 Å². The second-order valence-corrected chi connectivity index (χ2v) is 21.7. The Morgan fingerprint density at radius 1 is 0.386 bits per heavy atom. The van der Waals surface area contributed by atoms with Gasteiger partial charge in [0.15, 0.2) is 0 Å². The van der Waals surface area contributed by atoms with Crippen LogP contribution in [0.3, 0.4) is 0 Å². The van der Waals surface area contributed by atoms with Crippen molar-refractivity contribution < 1.29 is 24.5 Å². The van der Waals surface area contributed by atoms with Crippen LogP contribution in [-0.4, -0.2) is 47.4 Å². The number of unbranched alkanes of at least 4 members (excludes halogenated alkanes) is 46. The Kier molecular flexibility index (Phi) is 58.5. The van der Waals surface area contributed by atoms with Crippen molar-refractivity contribution in [2.45, 2.75) is 360 Å². The van der Waals surface area contributed by atoms with Crippen LogP contribution < -0.4 is 5.32 Å². The largest absolute Gasteiger partial charge is 0.466 e. The van der Waals surface area contributed by atoms with E-state index in [-0.39, 0.29) is 18.5 Å². The second-order valence-electron chi connectivity index (χ2n) is 21.7. The molecule has 6 heteroatoms. The molecule has 2 unspecified atom stereocenters. The fraction of sp³-hybridized carbons (Fsp3) is 0.906. The average Bonchev–Trinajstić information content (AvgIpc) is 3.36. The fourth-order valence-electron chi connectivity index (χ4n) is 9.87. The predicted molar refractivity (Wildman–Crippen MR) is 306 cm³/mol. The monoisotopic (exact) mass is 986 g/mol. The molecule has 70 heavy (non-hydrogen) atoms. The van der Waals surface area contributed by atoms with Gasteiger partial charge in [0, 0.05) is 12.8 Å². The summed E-state index contributed by atoms with van der Waals surface area (Å²) < 4.78 is 5.47. The summed E-state index contributed by atoms with van der Waals surface area (Å²) in [5, 5.41) is 23.2. The van der Waals surface area contributed by atoms with Gasteiger partial charge in [0.25, 0.3) is 0 Å². The Morgan fingerprint density at radius 3 is 1.01 bits per heavy atom. The van der Waals surface area contributed by atoms with Crippen molar-refractivity contribution in [3.05, 3.63) is 24.3 Å². The predicted octanol–water partition coefficient (Wildman–Crippen LogP) is 19.8. The molecular formula is C64H123NO5. The third kappa shape index (κ3) is 55.7. The van der Waals surface area contributed by atoms with Crippen LogP contribution >= 0.6 is 0 Å². The van der Waals surface area contributed by atoms with E-state index in [9.17, 15) is 19.8 Å². The molecule has 2 atom stereocenters. The lowest BCUT2D eigenvalue weighted by molar-refractivity contribution is -0.143. The number of allylic oxidation sites excluding steroid dienone is 3. The van der Waals surface area contributed by atoms with E-state index >= 15 is 0 Å². The average molecular weight is 987 g/mol. The van der Waals surface area contributed by atoms with Crippen molar-refractivity contribution in [1.29, 1.82) is 0 Å². The van der Waals surface area contributed by atoms with Gasteiger partial charge in [-0.2, -0.15) is 0 Å². The molecule has 0 bridgehead atoms. The smallest absolute Gasteiger partial charge is 0.305 e. The first kappa shape index (κ1) is 68.3. The molecule has 0 aliphatic rings. The van der Waals surface area contributed by atoms with E-state index in [1.165, 1.54) is 263 Å². The Labute approximate surface area is 437 Å². The summed E-state index contributed by atoms with van der Waals surface area (Å²) in [4.78, 5) is 24.6. The third-order valence-electron chi connectivity index (χ3n) is 14.7. The third-order valence-corrected chi connectivity index (χ3v) is 14.7. The molecule has 0 aromatic rings. The molecule has 0 aliphatic heterocycles. The number of esters is 1. The lowest BCUT2D eigenvalue weighted by atomic mass is 10.0. The number of nitrogens with one attached hydrogen (secondary N) is 1. The number of hydrogen-bond donors (Lipinski definition) is 3. The Morgan fingerprint density at radius 2 is 0.671 bits per heavy atom. The van der Waals surface area contributed by atoms with E-state index in [4.69, 9.17) is 4.74 Å². The lowest BCUT2D eigenvalue weighted by Gasteiger charge is -2.20. The summed E-state index contributed by atoms with van der Waals surface area (Å²) >= 11 is 0. The molecule has 3 N–H and O–H groups in total. The van der Waals surface area contributed by atoms with Gasteiger partial charge in [-0.05, 0) is 57.8 Å². The second kappa shape index (κ2) is 59.9. The van der Waals surface area contributed by atoms with Crippen molar-refractivity contribution in [1.82, 2.24) is 5.32 Å². The quantitative estimate of drug-likeness (QED) is 0.0321. The maximum atomic E-state index is 12.5. The molecule has 0 spiro atoms. The summed E-state index contributed by atoms with van der Waals surface area (Å²) in [6.07, 6.45) is 73.6. The highest BCUT2D eigenvalue weighted by Crippen LogP contribution is 2.18. The molecule has 0 fully saturated rings. The number of aliphatic hydroxyl groups excluding tert-OH is 2. The van der Waals surface area contributed by atoms with Gasteiger partial charge in [-0.15, -0.1) is 0 Å². The maximum Gasteiger partial charge on any atom is 0.305 e. The van der Waals surface area contributed by atoms with E-state index in [1.807, 2.05) is 6.08 Å². The SMILES string of the molecule is CCCCCCC/C=C\CCCCCCCC(=O)OCCCCCCCCCCCCCCCCC(=O)NC(CO)C(O)/C=C/CCCCCCCCCCCCCCCCCCCCCCCCC. The Balaban J connectivity index is 3.47. The van der Waals surface area contributed by atoms with Crippen LogP contribution in [0.25, 0.3) is 0 Å². The van der Waals surface area contributed by atoms with Crippen LogP contribution in [0.2, 0.25) is 0 Å². The summed E-state index contributed by atoms with van der Waals surface area (Å²) in [7, 11) is 0. The zero-order chi connectivity index (χ0) is 50.7. The molecule has 0 saturated carbocycles. The van der Waals surface area contributed by atoms with E-state index in [0.29, 0.717) is 19.4 Å². The number of carbonyl (C=O) groups excluding carboxylic acids is 2. The van der Waals surface area contributed by atoms with Crippen molar-refractivity contribution in [2.24, 2.45) is 0 Å². The number of amides is 1. The number of carbonyl (C=O) groups is 2. The molecule has 6 nitrogen and oxygen atoms in total. The van der Waals surface area contributed by atoms with Crippen molar-refractivity contribution >= 4 is 11.9 Å². The topological polar surface area (TPSA) is 95.9 Å². The Hall–Kier alpha value is -1.66. The molecule has 0 aromatic heterocycles. The minimum atomic E-state index is -0.853. The van der Waals surface area contributed by atoms with E-state index in [0.717, 1.165) is 57.8 Å². The van der Waals surface area contributed by atoms with Crippen LogP contribution in [0, 0.1) is 0 Å². The van der Waals surface area contributed by atoms with E-state index in [1.54, 1.807) is 6.08 Å². The van der Waals surface area contributed by atoms with E-state index in [2.05, 4.69) is 31.3 Å².